The third-order valence-corrected chi connectivity index (χ3v) is 3.01. The molecule has 0 fully saturated rings. The molecule has 0 N–H and O–H groups in total. The Kier molecular flexibility index (Phi) is 3.92. The normalized spacial score (nSPS) is 11.3. The van der Waals surface area contributed by atoms with Crippen LogP contribution in [0.5, 0.6) is 11.6 Å². The van der Waals surface area contributed by atoms with Gasteiger partial charge in [-0.3, -0.25) is 0 Å². The number of aromatic nitrogens is 3. The maximum Gasteiger partial charge on any atom is 0.416 e. The Balaban J connectivity index is 1.96. The van der Waals surface area contributed by atoms with E-state index in [2.05, 4.69) is 15.2 Å². The lowest BCUT2D eigenvalue weighted by atomic mass is 10.1. The zero-order chi connectivity index (χ0) is 16.3. The molecule has 0 aliphatic rings. The quantitative estimate of drug-likeness (QED) is 0.720. The molecule has 1 heterocycles. The van der Waals surface area contributed by atoms with Crippen LogP contribution in [0.3, 0.4) is 0 Å². The molecule has 0 atom stereocenters. The van der Waals surface area contributed by atoms with Crippen LogP contribution in [0, 0.1) is 0 Å². The van der Waals surface area contributed by atoms with E-state index < -0.39 is 11.7 Å². The first-order valence-electron chi connectivity index (χ1n) is 6.62. The number of halogens is 3. The van der Waals surface area contributed by atoms with E-state index in [4.69, 9.17) is 4.74 Å². The summed E-state index contributed by atoms with van der Waals surface area (Å²) in [6.07, 6.45) is -3.19. The van der Waals surface area contributed by atoms with E-state index in [1.165, 1.54) is 18.5 Å². The van der Waals surface area contributed by atoms with Crippen LogP contribution in [0.1, 0.15) is 5.56 Å². The molecule has 3 aromatic rings. The fourth-order valence-electron chi connectivity index (χ4n) is 1.97. The minimum atomic E-state index is -4.44. The van der Waals surface area contributed by atoms with Crippen molar-refractivity contribution in [2.75, 3.05) is 0 Å². The minimum Gasteiger partial charge on any atom is -0.436 e. The smallest absolute Gasteiger partial charge is 0.416 e. The molecule has 0 bridgehead atoms. The molecule has 23 heavy (non-hydrogen) atoms. The van der Waals surface area contributed by atoms with Crippen LogP contribution < -0.4 is 4.74 Å². The van der Waals surface area contributed by atoms with E-state index in [1.807, 2.05) is 18.2 Å². The molecule has 0 unspecified atom stereocenters. The molecule has 0 spiro atoms. The van der Waals surface area contributed by atoms with Crippen molar-refractivity contribution in [3.05, 3.63) is 66.5 Å². The van der Waals surface area contributed by atoms with E-state index in [9.17, 15) is 13.2 Å². The number of rotatable bonds is 3. The van der Waals surface area contributed by atoms with Crippen LogP contribution in [0.25, 0.3) is 11.3 Å². The van der Waals surface area contributed by atoms with Crippen molar-refractivity contribution < 1.29 is 17.9 Å². The van der Waals surface area contributed by atoms with E-state index in [-0.39, 0.29) is 11.6 Å². The number of ether oxygens (including phenoxy) is 1. The largest absolute Gasteiger partial charge is 0.436 e. The maximum atomic E-state index is 12.8. The molecular weight excluding hydrogens is 307 g/mol. The topological polar surface area (TPSA) is 47.9 Å². The first-order chi connectivity index (χ1) is 11.0. The summed E-state index contributed by atoms with van der Waals surface area (Å²) in [4.78, 5) is 4.10. The van der Waals surface area contributed by atoms with Crippen molar-refractivity contribution in [3.63, 3.8) is 0 Å². The van der Waals surface area contributed by atoms with Gasteiger partial charge in [0.05, 0.1) is 5.56 Å². The van der Waals surface area contributed by atoms with Gasteiger partial charge in [0.25, 0.3) is 5.88 Å². The molecule has 3 rings (SSSR count). The van der Waals surface area contributed by atoms with Gasteiger partial charge < -0.3 is 4.74 Å². The lowest BCUT2D eigenvalue weighted by molar-refractivity contribution is -0.137. The third kappa shape index (κ3) is 3.45. The van der Waals surface area contributed by atoms with Gasteiger partial charge in [-0.05, 0) is 18.2 Å². The predicted octanol–water partition coefficient (Wildman–Crippen LogP) is 4.35. The predicted molar refractivity (Wildman–Crippen MR) is 76.8 cm³/mol. The highest BCUT2D eigenvalue weighted by atomic mass is 19.4. The third-order valence-electron chi connectivity index (χ3n) is 3.01. The van der Waals surface area contributed by atoms with Crippen molar-refractivity contribution in [3.8, 4) is 22.9 Å². The van der Waals surface area contributed by atoms with Gasteiger partial charge in [-0.15, -0.1) is 10.2 Å². The van der Waals surface area contributed by atoms with Crippen LogP contribution in [0.4, 0.5) is 13.2 Å². The lowest BCUT2D eigenvalue weighted by Gasteiger charge is -2.11. The van der Waals surface area contributed by atoms with Crippen molar-refractivity contribution in [2.45, 2.75) is 6.18 Å². The van der Waals surface area contributed by atoms with E-state index in [0.717, 1.165) is 17.7 Å². The highest BCUT2D eigenvalue weighted by Gasteiger charge is 2.30. The average Bonchev–Trinajstić information content (AvgIpc) is 2.56. The first kappa shape index (κ1) is 15.0. The van der Waals surface area contributed by atoms with Crippen LogP contribution >= 0.6 is 0 Å². The molecule has 0 amide bonds. The Hall–Kier alpha value is -2.96. The van der Waals surface area contributed by atoms with Crippen LogP contribution in [-0.4, -0.2) is 15.2 Å². The van der Waals surface area contributed by atoms with Gasteiger partial charge in [-0.25, -0.2) is 4.98 Å². The van der Waals surface area contributed by atoms with Gasteiger partial charge in [-0.1, -0.05) is 36.4 Å². The highest BCUT2D eigenvalue weighted by molar-refractivity contribution is 5.64. The summed E-state index contributed by atoms with van der Waals surface area (Å²) in [6.45, 7) is 0. The Labute approximate surface area is 129 Å². The van der Waals surface area contributed by atoms with Crippen molar-refractivity contribution in [1.29, 1.82) is 0 Å². The lowest BCUT2D eigenvalue weighted by Crippen LogP contribution is -2.05. The Morgan fingerprint density at radius 2 is 1.70 bits per heavy atom. The van der Waals surface area contributed by atoms with Gasteiger partial charge in [-0.2, -0.15) is 13.2 Å². The molecule has 4 nitrogen and oxygen atoms in total. The summed E-state index contributed by atoms with van der Waals surface area (Å²) in [6, 6.07) is 13.6. The standard InChI is InChI=1S/C16H10F3N3O/c17-16(18,19)12-7-4-8-13(9-12)23-15-14(20-10-21-22-15)11-5-2-1-3-6-11/h1-10H. The highest BCUT2D eigenvalue weighted by Crippen LogP contribution is 2.34. The molecule has 116 valence electrons. The summed E-state index contributed by atoms with van der Waals surface area (Å²) in [5.74, 6) is 0.0531. The molecule has 0 aliphatic carbocycles. The molecule has 0 saturated carbocycles. The number of benzene rings is 2. The molecule has 0 saturated heterocycles. The SMILES string of the molecule is FC(F)(F)c1cccc(Oc2nncnc2-c2ccccc2)c1. The second kappa shape index (κ2) is 6.04. The first-order valence-corrected chi connectivity index (χ1v) is 6.62. The maximum absolute atomic E-state index is 12.8. The van der Waals surface area contributed by atoms with Gasteiger partial charge in [0.1, 0.15) is 17.8 Å². The summed E-state index contributed by atoms with van der Waals surface area (Å²) in [5, 5.41) is 7.46. The fraction of sp³-hybridized carbons (Fsp3) is 0.0625. The molecule has 0 radical (unpaired) electrons. The molecule has 7 heteroatoms. The van der Waals surface area contributed by atoms with Gasteiger partial charge in [0.15, 0.2) is 0 Å². The van der Waals surface area contributed by atoms with Gasteiger partial charge >= 0.3 is 6.18 Å². The van der Waals surface area contributed by atoms with Crippen molar-refractivity contribution in [2.24, 2.45) is 0 Å². The number of hydrogen-bond donors (Lipinski definition) is 0. The summed E-state index contributed by atoms with van der Waals surface area (Å²) in [5.41, 5.74) is 0.329. The summed E-state index contributed by atoms with van der Waals surface area (Å²) < 4.78 is 43.7. The molecule has 2 aromatic carbocycles. The Morgan fingerprint density at radius 1 is 0.913 bits per heavy atom. The van der Waals surface area contributed by atoms with Gasteiger partial charge in [0.2, 0.25) is 0 Å². The van der Waals surface area contributed by atoms with E-state index in [0.29, 0.717) is 5.69 Å². The number of alkyl halides is 3. The Morgan fingerprint density at radius 3 is 2.43 bits per heavy atom. The second-order valence-corrected chi connectivity index (χ2v) is 4.61. The summed E-state index contributed by atoms with van der Waals surface area (Å²) >= 11 is 0. The van der Waals surface area contributed by atoms with Crippen LogP contribution in [0.15, 0.2) is 60.9 Å². The van der Waals surface area contributed by atoms with E-state index >= 15 is 0 Å². The van der Waals surface area contributed by atoms with Gasteiger partial charge in [0, 0.05) is 5.56 Å². The zero-order valence-corrected chi connectivity index (χ0v) is 11.7. The van der Waals surface area contributed by atoms with E-state index in [1.54, 1.807) is 12.1 Å². The van der Waals surface area contributed by atoms with Crippen LogP contribution in [0.2, 0.25) is 0 Å². The number of hydrogen-bond acceptors (Lipinski definition) is 4. The fourth-order valence-corrected chi connectivity index (χ4v) is 1.97. The zero-order valence-electron chi connectivity index (χ0n) is 11.7. The monoisotopic (exact) mass is 317 g/mol. The summed E-state index contributed by atoms with van der Waals surface area (Å²) in [7, 11) is 0. The molecular formula is C16H10F3N3O. The minimum absolute atomic E-state index is 0.0132. The second-order valence-electron chi connectivity index (χ2n) is 4.61. The van der Waals surface area contributed by atoms with Crippen LogP contribution in [-0.2, 0) is 6.18 Å². The Bertz CT molecular complexity index is 807. The number of nitrogens with zero attached hydrogens (tertiary/aromatic N) is 3. The molecule has 0 aliphatic heterocycles. The average molecular weight is 317 g/mol. The van der Waals surface area contributed by atoms with Crippen molar-refractivity contribution in [1.82, 2.24) is 15.2 Å². The van der Waals surface area contributed by atoms with Crippen molar-refractivity contribution >= 4 is 0 Å². The molecule has 1 aromatic heterocycles.